The highest BCUT2D eigenvalue weighted by atomic mass is 32.2. The number of rotatable bonds is 4. The Morgan fingerprint density at radius 2 is 2.04 bits per heavy atom. The predicted octanol–water partition coefficient (Wildman–Crippen LogP) is 3.64. The number of amides is 1. The smallest absolute Gasteiger partial charge is 0.260 e. The van der Waals surface area contributed by atoms with Gasteiger partial charge in [-0.2, -0.15) is 0 Å². The van der Waals surface area contributed by atoms with Gasteiger partial charge in [0.25, 0.3) is 5.56 Å². The van der Waals surface area contributed by atoms with Crippen LogP contribution in [0.25, 0.3) is 10.2 Å². The number of aryl methyl sites for hydroxylation is 3. The summed E-state index contributed by atoms with van der Waals surface area (Å²) in [6.07, 6.45) is 0. The second kappa shape index (κ2) is 6.78. The van der Waals surface area contributed by atoms with E-state index >= 15 is 0 Å². The van der Waals surface area contributed by atoms with E-state index < -0.39 is 0 Å². The first-order valence-electron chi connectivity index (χ1n) is 7.42. The third kappa shape index (κ3) is 3.52. The topological polar surface area (TPSA) is 74.8 Å². The first kappa shape index (κ1) is 16.7. The van der Waals surface area contributed by atoms with Crippen LogP contribution in [-0.4, -0.2) is 21.6 Å². The number of aromatic amines is 1. The number of thioether (sulfide) groups is 1. The van der Waals surface area contributed by atoms with Crippen LogP contribution in [0.15, 0.2) is 33.5 Å². The molecule has 2 aromatic heterocycles. The molecule has 0 aliphatic carbocycles. The molecule has 0 bridgehead atoms. The first-order chi connectivity index (χ1) is 11.4. The fraction of sp³-hybridized carbons (Fsp3) is 0.235. The molecule has 2 N–H and O–H groups in total. The van der Waals surface area contributed by atoms with Crippen LogP contribution in [0, 0.1) is 20.8 Å². The van der Waals surface area contributed by atoms with Gasteiger partial charge >= 0.3 is 0 Å². The molecule has 0 aliphatic rings. The van der Waals surface area contributed by atoms with Gasteiger partial charge in [0.05, 0.1) is 11.1 Å². The Labute approximate surface area is 147 Å². The molecule has 0 aliphatic heterocycles. The average molecular weight is 359 g/mol. The van der Waals surface area contributed by atoms with E-state index in [1.54, 1.807) is 0 Å². The molecule has 0 saturated carbocycles. The molecule has 3 rings (SSSR count). The maximum atomic E-state index is 12.1. The van der Waals surface area contributed by atoms with Crippen molar-refractivity contribution in [2.45, 2.75) is 25.9 Å². The maximum Gasteiger partial charge on any atom is 0.260 e. The standard InChI is InChI=1S/C17H17N3O2S2/c1-9-4-5-12(6-10(9)2)18-13(21)8-24-17-19-15(22)14-11(3)7-23-16(14)20-17/h4-7H,8H2,1-3H3,(H,18,21)(H,19,20,22). The maximum absolute atomic E-state index is 12.1. The van der Waals surface area contributed by atoms with Gasteiger partial charge in [0, 0.05) is 5.69 Å². The summed E-state index contributed by atoms with van der Waals surface area (Å²) < 4.78 is 0. The summed E-state index contributed by atoms with van der Waals surface area (Å²) in [5, 5.41) is 5.86. The minimum absolute atomic E-state index is 0.131. The molecule has 0 atom stereocenters. The van der Waals surface area contributed by atoms with E-state index in [4.69, 9.17) is 0 Å². The van der Waals surface area contributed by atoms with E-state index in [2.05, 4.69) is 15.3 Å². The van der Waals surface area contributed by atoms with Crippen molar-refractivity contribution < 1.29 is 4.79 Å². The fourth-order valence-electron chi connectivity index (χ4n) is 2.29. The van der Waals surface area contributed by atoms with Crippen LogP contribution in [-0.2, 0) is 4.79 Å². The second-order valence-corrected chi connectivity index (χ2v) is 7.43. The molecule has 0 unspecified atom stereocenters. The Bertz CT molecular complexity index is 976. The second-order valence-electron chi connectivity index (χ2n) is 5.61. The van der Waals surface area contributed by atoms with Gasteiger partial charge in [-0.25, -0.2) is 4.98 Å². The zero-order valence-corrected chi connectivity index (χ0v) is 15.2. The average Bonchev–Trinajstić information content (AvgIpc) is 2.91. The van der Waals surface area contributed by atoms with Gasteiger partial charge < -0.3 is 10.3 Å². The summed E-state index contributed by atoms with van der Waals surface area (Å²) in [6.45, 7) is 5.92. The van der Waals surface area contributed by atoms with Gasteiger partial charge in [0.2, 0.25) is 5.91 Å². The lowest BCUT2D eigenvalue weighted by molar-refractivity contribution is -0.113. The van der Waals surface area contributed by atoms with E-state index in [1.807, 2.05) is 44.4 Å². The molecule has 5 nitrogen and oxygen atoms in total. The van der Waals surface area contributed by atoms with Gasteiger partial charge in [-0.15, -0.1) is 11.3 Å². The van der Waals surface area contributed by atoms with E-state index in [0.29, 0.717) is 15.4 Å². The Morgan fingerprint density at radius 1 is 1.25 bits per heavy atom. The number of aromatic nitrogens is 2. The lowest BCUT2D eigenvalue weighted by Gasteiger charge is -2.07. The molecule has 7 heteroatoms. The zero-order chi connectivity index (χ0) is 17.3. The predicted molar refractivity (Wildman–Crippen MR) is 100 cm³/mol. The molecule has 3 aromatic rings. The SMILES string of the molecule is Cc1ccc(NC(=O)CSc2nc3scc(C)c3c(=O)[nH]2)cc1C. The van der Waals surface area contributed by atoms with Crippen LogP contribution >= 0.6 is 23.1 Å². The highest BCUT2D eigenvalue weighted by molar-refractivity contribution is 7.99. The first-order valence-corrected chi connectivity index (χ1v) is 9.28. The van der Waals surface area contributed by atoms with Crippen molar-refractivity contribution in [2.75, 3.05) is 11.1 Å². The number of H-pyrrole nitrogens is 1. The van der Waals surface area contributed by atoms with Crippen LogP contribution in [0.5, 0.6) is 0 Å². The van der Waals surface area contributed by atoms with Crippen molar-refractivity contribution in [1.82, 2.24) is 9.97 Å². The van der Waals surface area contributed by atoms with Crippen LogP contribution in [0.3, 0.4) is 0 Å². The van der Waals surface area contributed by atoms with Crippen LogP contribution in [0.2, 0.25) is 0 Å². The third-order valence-electron chi connectivity index (χ3n) is 3.74. The number of fused-ring (bicyclic) bond motifs is 1. The number of nitrogens with zero attached hydrogens (tertiary/aromatic N) is 1. The number of anilines is 1. The summed E-state index contributed by atoms with van der Waals surface area (Å²) in [7, 11) is 0. The molecule has 0 radical (unpaired) electrons. The zero-order valence-electron chi connectivity index (χ0n) is 13.6. The Morgan fingerprint density at radius 3 is 2.79 bits per heavy atom. The number of benzene rings is 1. The van der Waals surface area contributed by atoms with Crippen LogP contribution in [0.4, 0.5) is 5.69 Å². The lowest BCUT2D eigenvalue weighted by atomic mass is 10.1. The molecule has 124 valence electrons. The van der Waals surface area contributed by atoms with Crippen molar-refractivity contribution in [1.29, 1.82) is 0 Å². The van der Waals surface area contributed by atoms with Crippen molar-refractivity contribution in [2.24, 2.45) is 0 Å². The van der Waals surface area contributed by atoms with Crippen molar-refractivity contribution in [3.05, 3.63) is 50.6 Å². The number of carbonyl (C=O) groups is 1. The number of hydrogen-bond acceptors (Lipinski definition) is 5. The third-order valence-corrected chi connectivity index (χ3v) is 5.60. The molecular weight excluding hydrogens is 342 g/mol. The molecule has 24 heavy (non-hydrogen) atoms. The van der Waals surface area contributed by atoms with Crippen molar-refractivity contribution >= 4 is 44.9 Å². The summed E-state index contributed by atoms with van der Waals surface area (Å²) >= 11 is 2.66. The largest absolute Gasteiger partial charge is 0.325 e. The highest BCUT2D eigenvalue weighted by Crippen LogP contribution is 2.22. The number of hydrogen-bond donors (Lipinski definition) is 2. The fourth-order valence-corrected chi connectivity index (χ4v) is 3.93. The molecule has 2 heterocycles. The van der Waals surface area contributed by atoms with Gasteiger partial charge in [-0.3, -0.25) is 9.59 Å². The highest BCUT2D eigenvalue weighted by Gasteiger charge is 2.11. The van der Waals surface area contributed by atoms with E-state index in [1.165, 1.54) is 28.7 Å². The monoisotopic (exact) mass is 359 g/mol. The lowest BCUT2D eigenvalue weighted by Crippen LogP contribution is -2.15. The molecule has 0 saturated heterocycles. The van der Waals surface area contributed by atoms with E-state index in [0.717, 1.165) is 16.8 Å². The molecular formula is C17H17N3O2S2. The van der Waals surface area contributed by atoms with E-state index in [9.17, 15) is 9.59 Å². The Kier molecular flexibility index (Phi) is 4.73. The van der Waals surface area contributed by atoms with Gasteiger partial charge in [-0.1, -0.05) is 17.8 Å². The minimum atomic E-state index is -0.157. The minimum Gasteiger partial charge on any atom is -0.325 e. The van der Waals surface area contributed by atoms with Gasteiger partial charge in [0.1, 0.15) is 4.83 Å². The number of thiophene rings is 1. The Hall–Kier alpha value is -2.12. The summed E-state index contributed by atoms with van der Waals surface area (Å²) in [5.74, 6) is 0.0551. The molecule has 0 fully saturated rings. The number of carbonyl (C=O) groups excluding carboxylic acids is 1. The summed E-state index contributed by atoms with van der Waals surface area (Å²) in [6, 6.07) is 5.80. The molecule has 0 spiro atoms. The van der Waals surface area contributed by atoms with Crippen LogP contribution in [0.1, 0.15) is 16.7 Å². The van der Waals surface area contributed by atoms with Gasteiger partial charge in [-0.05, 0) is 55.0 Å². The normalized spacial score (nSPS) is 11.0. The number of nitrogens with one attached hydrogen (secondary N) is 2. The molecule has 1 aromatic carbocycles. The quantitative estimate of drug-likeness (QED) is 0.551. The van der Waals surface area contributed by atoms with Crippen molar-refractivity contribution in [3.8, 4) is 0 Å². The van der Waals surface area contributed by atoms with E-state index in [-0.39, 0.29) is 17.2 Å². The van der Waals surface area contributed by atoms with Gasteiger partial charge in [0.15, 0.2) is 5.16 Å². The van der Waals surface area contributed by atoms with Crippen LogP contribution < -0.4 is 10.9 Å². The summed E-state index contributed by atoms with van der Waals surface area (Å²) in [4.78, 5) is 32.0. The summed E-state index contributed by atoms with van der Waals surface area (Å²) in [5.41, 5.74) is 3.85. The van der Waals surface area contributed by atoms with Crippen molar-refractivity contribution in [3.63, 3.8) is 0 Å². The Balaban J connectivity index is 1.68. The molecule has 1 amide bonds.